The molecule has 0 saturated carbocycles. The van der Waals surface area contributed by atoms with E-state index in [0.29, 0.717) is 0 Å². The van der Waals surface area contributed by atoms with Crippen LogP contribution in [0.3, 0.4) is 0 Å². The van der Waals surface area contributed by atoms with Crippen molar-refractivity contribution in [2.75, 3.05) is 0 Å². The number of allylic oxidation sites excluding steroid dienone is 3. The Morgan fingerprint density at radius 2 is 1.61 bits per heavy atom. The average Bonchev–Trinajstić information content (AvgIpc) is 2.61. The molecule has 0 aromatic heterocycles. The Hall–Kier alpha value is -3.34. The third-order valence-electron chi connectivity index (χ3n) is 4.92. The molecule has 0 fully saturated rings. The fourth-order valence-corrected chi connectivity index (χ4v) is 3.74. The zero-order chi connectivity index (χ0) is 16.7. The number of fused-ring (bicyclic) bond motifs is 3. The van der Waals surface area contributed by atoms with Crippen molar-refractivity contribution in [3.63, 3.8) is 0 Å². The lowest BCUT2D eigenvalue weighted by atomic mass is 9.50. The topological polar surface area (TPSA) is 95.2 Å². The van der Waals surface area contributed by atoms with E-state index in [9.17, 15) is 21.0 Å². The molecule has 0 aliphatic heterocycles. The maximum atomic E-state index is 9.87. The van der Waals surface area contributed by atoms with Crippen molar-refractivity contribution in [1.82, 2.24) is 0 Å². The standard InChI is InChI=1S/C19H12N4/c1-13-8-18(9-20,10-21)19(11-22,12-23)17-15(13)7-6-14-4-2-3-5-16(14)17/h2-7,17H,8H2,1H3. The monoisotopic (exact) mass is 296 g/mol. The zero-order valence-electron chi connectivity index (χ0n) is 12.5. The maximum absolute atomic E-state index is 9.87. The van der Waals surface area contributed by atoms with Gasteiger partial charge in [-0.1, -0.05) is 42.0 Å². The van der Waals surface area contributed by atoms with E-state index in [1.807, 2.05) is 67.6 Å². The van der Waals surface area contributed by atoms with Gasteiger partial charge in [-0.15, -0.1) is 0 Å². The van der Waals surface area contributed by atoms with E-state index < -0.39 is 16.7 Å². The van der Waals surface area contributed by atoms with Gasteiger partial charge in [-0.3, -0.25) is 0 Å². The largest absolute Gasteiger partial charge is 0.196 e. The number of nitriles is 4. The van der Waals surface area contributed by atoms with E-state index in [1.165, 1.54) is 0 Å². The quantitative estimate of drug-likeness (QED) is 0.731. The van der Waals surface area contributed by atoms with Crippen LogP contribution in [-0.4, -0.2) is 0 Å². The van der Waals surface area contributed by atoms with Crippen LogP contribution in [-0.2, 0) is 0 Å². The zero-order valence-corrected chi connectivity index (χ0v) is 12.5. The van der Waals surface area contributed by atoms with Gasteiger partial charge < -0.3 is 0 Å². The van der Waals surface area contributed by atoms with E-state index in [-0.39, 0.29) is 6.42 Å². The molecule has 1 unspecified atom stereocenters. The highest BCUT2D eigenvalue weighted by Crippen LogP contribution is 2.60. The van der Waals surface area contributed by atoms with E-state index in [4.69, 9.17) is 0 Å². The van der Waals surface area contributed by atoms with Gasteiger partial charge in [0.05, 0.1) is 24.3 Å². The molecular weight excluding hydrogens is 284 g/mol. The second-order valence-electron chi connectivity index (χ2n) is 5.97. The Labute approximate surface area is 134 Å². The smallest absolute Gasteiger partial charge is 0.186 e. The summed E-state index contributed by atoms with van der Waals surface area (Å²) < 4.78 is 0. The predicted molar refractivity (Wildman–Crippen MR) is 82.9 cm³/mol. The molecule has 0 radical (unpaired) electrons. The van der Waals surface area contributed by atoms with Crippen molar-refractivity contribution in [3.8, 4) is 24.3 Å². The molecule has 3 rings (SSSR count). The van der Waals surface area contributed by atoms with Crippen molar-refractivity contribution in [2.45, 2.75) is 19.3 Å². The van der Waals surface area contributed by atoms with Gasteiger partial charge in [0, 0.05) is 12.3 Å². The number of hydrogen-bond acceptors (Lipinski definition) is 4. The van der Waals surface area contributed by atoms with Crippen LogP contribution < -0.4 is 0 Å². The Balaban J connectivity index is 2.44. The van der Waals surface area contributed by atoms with Crippen LogP contribution in [0.5, 0.6) is 0 Å². The first-order valence-corrected chi connectivity index (χ1v) is 7.21. The summed E-state index contributed by atoms with van der Waals surface area (Å²) in [5.41, 5.74) is 0.0785. The van der Waals surface area contributed by atoms with Crippen LogP contribution in [0, 0.1) is 56.2 Å². The van der Waals surface area contributed by atoms with Crippen molar-refractivity contribution in [3.05, 3.63) is 52.6 Å². The Morgan fingerprint density at radius 1 is 0.957 bits per heavy atom. The minimum atomic E-state index is -1.73. The summed E-state index contributed by atoms with van der Waals surface area (Å²) in [5, 5.41) is 39.1. The van der Waals surface area contributed by atoms with Gasteiger partial charge in [0.2, 0.25) is 0 Å². The van der Waals surface area contributed by atoms with E-state index in [0.717, 1.165) is 22.3 Å². The number of nitrogens with zero attached hydrogens (tertiary/aromatic N) is 4. The molecule has 2 aliphatic rings. The number of benzene rings is 1. The molecule has 108 valence electrons. The second kappa shape index (κ2) is 4.84. The highest BCUT2D eigenvalue weighted by atomic mass is 14.6. The lowest BCUT2D eigenvalue weighted by molar-refractivity contribution is 0.243. The molecule has 0 amide bonds. The van der Waals surface area contributed by atoms with Gasteiger partial charge >= 0.3 is 0 Å². The molecule has 0 heterocycles. The van der Waals surface area contributed by atoms with Gasteiger partial charge in [-0.05, 0) is 23.6 Å². The van der Waals surface area contributed by atoms with Crippen molar-refractivity contribution in [2.24, 2.45) is 10.8 Å². The van der Waals surface area contributed by atoms with Gasteiger partial charge in [0.1, 0.15) is 0 Å². The molecule has 4 nitrogen and oxygen atoms in total. The van der Waals surface area contributed by atoms with Crippen LogP contribution in [0.4, 0.5) is 0 Å². The minimum absolute atomic E-state index is 0.111. The first-order chi connectivity index (χ1) is 11.1. The minimum Gasteiger partial charge on any atom is -0.196 e. The molecule has 0 spiro atoms. The average molecular weight is 296 g/mol. The third kappa shape index (κ3) is 1.61. The molecule has 23 heavy (non-hydrogen) atoms. The van der Waals surface area contributed by atoms with Crippen molar-refractivity contribution >= 4 is 6.08 Å². The summed E-state index contributed by atoms with van der Waals surface area (Å²) >= 11 is 0. The summed E-state index contributed by atoms with van der Waals surface area (Å²) in [6.45, 7) is 1.86. The maximum Gasteiger partial charge on any atom is 0.186 e. The van der Waals surface area contributed by atoms with Crippen LogP contribution in [0.1, 0.15) is 30.4 Å². The van der Waals surface area contributed by atoms with Crippen LogP contribution in [0.2, 0.25) is 0 Å². The van der Waals surface area contributed by atoms with Crippen molar-refractivity contribution in [1.29, 1.82) is 21.0 Å². The van der Waals surface area contributed by atoms with Crippen LogP contribution in [0.15, 0.2) is 41.5 Å². The normalized spacial score (nSPS) is 22.6. The van der Waals surface area contributed by atoms with Crippen molar-refractivity contribution < 1.29 is 0 Å². The molecular formula is C19H12N4. The summed E-state index contributed by atoms with van der Waals surface area (Å²) in [7, 11) is 0. The lowest BCUT2D eigenvalue weighted by Crippen LogP contribution is -2.47. The molecule has 1 aromatic rings. The summed E-state index contributed by atoms with van der Waals surface area (Å²) in [6.07, 6.45) is 3.97. The fourth-order valence-electron chi connectivity index (χ4n) is 3.74. The van der Waals surface area contributed by atoms with Crippen LogP contribution >= 0.6 is 0 Å². The van der Waals surface area contributed by atoms with E-state index >= 15 is 0 Å². The van der Waals surface area contributed by atoms with E-state index in [1.54, 1.807) is 0 Å². The molecule has 4 heteroatoms. The summed E-state index contributed by atoms with van der Waals surface area (Å²) in [6, 6.07) is 15.6. The van der Waals surface area contributed by atoms with E-state index in [2.05, 4.69) is 0 Å². The number of rotatable bonds is 0. The second-order valence-corrected chi connectivity index (χ2v) is 5.97. The van der Waals surface area contributed by atoms with Gasteiger partial charge in [-0.2, -0.15) is 21.0 Å². The highest BCUT2D eigenvalue weighted by molar-refractivity contribution is 5.68. The van der Waals surface area contributed by atoms with Gasteiger partial charge in [0.25, 0.3) is 0 Å². The Kier molecular flexibility index (Phi) is 3.07. The first kappa shape index (κ1) is 14.6. The summed E-state index contributed by atoms with van der Waals surface area (Å²) in [4.78, 5) is 0. The fraction of sp³-hybridized carbons (Fsp3) is 0.263. The lowest BCUT2D eigenvalue weighted by Gasteiger charge is -2.44. The third-order valence-corrected chi connectivity index (χ3v) is 4.92. The number of hydrogen-bond donors (Lipinski definition) is 0. The highest BCUT2D eigenvalue weighted by Gasteiger charge is 2.63. The molecule has 1 atom stereocenters. The van der Waals surface area contributed by atoms with Gasteiger partial charge in [0.15, 0.2) is 10.8 Å². The summed E-state index contributed by atoms with van der Waals surface area (Å²) in [5.74, 6) is -0.591. The Morgan fingerprint density at radius 3 is 2.22 bits per heavy atom. The van der Waals surface area contributed by atoms with Gasteiger partial charge in [-0.25, -0.2) is 0 Å². The molecule has 0 bridgehead atoms. The Bertz CT molecular complexity index is 894. The molecule has 1 aromatic carbocycles. The first-order valence-electron chi connectivity index (χ1n) is 7.21. The molecule has 0 saturated heterocycles. The SMILES string of the molecule is CC1=C2C=Cc3ccccc3C2C(C#N)(C#N)C(C#N)(C#N)C1. The van der Waals surface area contributed by atoms with Crippen LogP contribution in [0.25, 0.3) is 6.08 Å². The molecule has 0 N–H and O–H groups in total. The predicted octanol–water partition coefficient (Wildman–Crippen LogP) is 3.58. The molecule has 2 aliphatic carbocycles.